The van der Waals surface area contributed by atoms with Crippen molar-refractivity contribution in [2.75, 3.05) is 0 Å². The van der Waals surface area contributed by atoms with Gasteiger partial charge >= 0.3 is 5.97 Å². The number of aryl methyl sites for hydroxylation is 1. The minimum Gasteiger partial charge on any atom is -0.476 e. The summed E-state index contributed by atoms with van der Waals surface area (Å²) in [7, 11) is 0. The number of thiazole rings is 1. The fourth-order valence-electron chi connectivity index (χ4n) is 0.820. The largest absolute Gasteiger partial charge is 0.476 e. The highest BCUT2D eigenvalue weighted by atomic mass is 32.1. The zero-order valence-corrected chi connectivity index (χ0v) is 7.31. The van der Waals surface area contributed by atoms with Crippen LogP contribution in [0.4, 0.5) is 0 Å². The molecule has 62 valence electrons. The van der Waals surface area contributed by atoms with Crippen LogP contribution in [0, 0.1) is 12.3 Å². The smallest absolute Gasteiger partial charge is 0.355 e. The molecule has 12 heavy (non-hydrogen) atoms. The number of terminal acetylenes is 1. The molecule has 1 rings (SSSR count). The van der Waals surface area contributed by atoms with Gasteiger partial charge in [-0.3, -0.25) is 0 Å². The molecule has 3 nitrogen and oxygen atoms in total. The first-order valence-electron chi connectivity index (χ1n) is 3.38. The molecule has 0 unspecified atom stereocenters. The van der Waals surface area contributed by atoms with Gasteiger partial charge in [-0.25, -0.2) is 9.78 Å². The molecule has 0 aromatic carbocycles. The lowest BCUT2D eigenvalue weighted by Crippen LogP contribution is -1.99. The molecule has 1 N–H and O–H groups in total. The van der Waals surface area contributed by atoms with Crippen LogP contribution >= 0.6 is 11.3 Å². The maximum atomic E-state index is 10.6. The maximum absolute atomic E-state index is 10.6. The summed E-state index contributed by atoms with van der Waals surface area (Å²) >= 11 is 1.26. The molecule has 0 saturated heterocycles. The van der Waals surface area contributed by atoms with E-state index in [9.17, 15) is 4.79 Å². The van der Waals surface area contributed by atoms with Crippen LogP contribution in [0.5, 0.6) is 0 Å². The minimum atomic E-state index is -1.01. The van der Waals surface area contributed by atoms with Gasteiger partial charge in [-0.1, -0.05) is 6.92 Å². The summed E-state index contributed by atoms with van der Waals surface area (Å²) in [6, 6.07) is 0. The van der Waals surface area contributed by atoms with Crippen LogP contribution in [-0.2, 0) is 6.42 Å². The Morgan fingerprint density at radius 3 is 2.83 bits per heavy atom. The predicted octanol–water partition coefficient (Wildman–Crippen LogP) is 1.39. The average Bonchev–Trinajstić information content (AvgIpc) is 2.47. The van der Waals surface area contributed by atoms with Crippen molar-refractivity contribution in [1.29, 1.82) is 0 Å². The molecular formula is C8H7NO2S. The molecule has 1 aromatic rings. The van der Waals surface area contributed by atoms with Crippen molar-refractivity contribution in [2.45, 2.75) is 13.3 Å². The second kappa shape index (κ2) is 3.37. The van der Waals surface area contributed by atoms with E-state index >= 15 is 0 Å². The number of aromatic carboxylic acids is 1. The molecule has 0 aliphatic heterocycles. The molecule has 0 saturated carbocycles. The van der Waals surface area contributed by atoms with Gasteiger partial charge < -0.3 is 5.11 Å². The lowest BCUT2D eigenvalue weighted by atomic mass is 10.3. The third-order valence-corrected chi connectivity index (χ3v) is 2.48. The Morgan fingerprint density at radius 2 is 2.50 bits per heavy atom. The number of hydrogen-bond acceptors (Lipinski definition) is 3. The molecule has 0 aliphatic carbocycles. The lowest BCUT2D eigenvalue weighted by Gasteiger charge is -1.89. The highest BCUT2D eigenvalue weighted by Gasteiger charge is 2.14. The van der Waals surface area contributed by atoms with Crippen molar-refractivity contribution in [3.63, 3.8) is 0 Å². The van der Waals surface area contributed by atoms with Gasteiger partial charge in [0.25, 0.3) is 0 Å². The number of carboxylic acid groups (broad SMARTS) is 1. The van der Waals surface area contributed by atoms with E-state index in [1.54, 1.807) is 0 Å². The zero-order valence-electron chi connectivity index (χ0n) is 6.50. The zero-order chi connectivity index (χ0) is 9.14. The van der Waals surface area contributed by atoms with E-state index in [0.717, 1.165) is 4.88 Å². The second-order valence-corrected chi connectivity index (χ2v) is 3.18. The molecule has 0 spiro atoms. The highest BCUT2D eigenvalue weighted by Crippen LogP contribution is 2.18. The summed E-state index contributed by atoms with van der Waals surface area (Å²) in [5.74, 6) is 1.31. The number of nitrogens with zero attached hydrogens (tertiary/aromatic N) is 1. The van der Waals surface area contributed by atoms with Gasteiger partial charge in [0.15, 0.2) is 10.7 Å². The van der Waals surface area contributed by atoms with Crippen LogP contribution in [0.25, 0.3) is 0 Å². The number of aromatic nitrogens is 1. The molecular weight excluding hydrogens is 174 g/mol. The SMILES string of the molecule is C#Cc1nc(C(=O)O)c(CC)s1. The van der Waals surface area contributed by atoms with E-state index < -0.39 is 5.97 Å². The summed E-state index contributed by atoms with van der Waals surface area (Å²) in [6.45, 7) is 1.88. The van der Waals surface area contributed by atoms with Crippen LogP contribution < -0.4 is 0 Å². The summed E-state index contributed by atoms with van der Waals surface area (Å²) in [6.07, 6.45) is 5.75. The Balaban J connectivity index is 3.19. The molecule has 1 heterocycles. The van der Waals surface area contributed by atoms with Crippen molar-refractivity contribution >= 4 is 17.3 Å². The topological polar surface area (TPSA) is 50.2 Å². The van der Waals surface area contributed by atoms with Crippen molar-refractivity contribution in [3.05, 3.63) is 15.6 Å². The Labute approximate surface area is 74.1 Å². The molecule has 0 radical (unpaired) electrons. The van der Waals surface area contributed by atoms with E-state index in [2.05, 4.69) is 10.9 Å². The molecule has 0 aliphatic rings. The van der Waals surface area contributed by atoms with Crippen LogP contribution in [0.1, 0.15) is 27.3 Å². The van der Waals surface area contributed by atoms with Crippen molar-refractivity contribution in [1.82, 2.24) is 4.98 Å². The van der Waals surface area contributed by atoms with Crippen molar-refractivity contribution < 1.29 is 9.90 Å². The number of carbonyl (C=O) groups is 1. The van der Waals surface area contributed by atoms with Crippen LogP contribution in [0.3, 0.4) is 0 Å². The molecule has 0 fully saturated rings. The third kappa shape index (κ3) is 1.46. The minimum absolute atomic E-state index is 0.0930. The molecule has 0 atom stereocenters. The van der Waals surface area contributed by atoms with Crippen molar-refractivity contribution in [3.8, 4) is 12.3 Å². The monoisotopic (exact) mass is 181 g/mol. The van der Waals surface area contributed by atoms with E-state index in [0.29, 0.717) is 11.4 Å². The van der Waals surface area contributed by atoms with Gasteiger partial charge in [0.1, 0.15) is 0 Å². The summed E-state index contributed by atoms with van der Waals surface area (Å²) in [5.41, 5.74) is 0.0930. The van der Waals surface area contributed by atoms with Crippen molar-refractivity contribution in [2.24, 2.45) is 0 Å². The summed E-state index contributed by atoms with van der Waals surface area (Å²) in [4.78, 5) is 15.1. The molecule has 4 heteroatoms. The quantitative estimate of drug-likeness (QED) is 0.701. The normalized spacial score (nSPS) is 9.33. The Kier molecular flexibility index (Phi) is 2.46. The van der Waals surface area contributed by atoms with Gasteiger partial charge in [-0.2, -0.15) is 0 Å². The van der Waals surface area contributed by atoms with E-state index in [1.807, 2.05) is 6.92 Å². The molecule has 0 bridgehead atoms. The maximum Gasteiger partial charge on any atom is 0.355 e. The number of carboxylic acids is 1. The Hall–Kier alpha value is -1.34. The molecule has 0 amide bonds. The third-order valence-electron chi connectivity index (χ3n) is 1.34. The van der Waals surface area contributed by atoms with Gasteiger partial charge in [0.05, 0.1) is 0 Å². The first-order valence-corrected chi connectivity index (χ1v) is 4.20. The van der Waals surface area contributed by atoms with Gasteiger partial charge in [0.2, 0.25) is 0 Å². The highest BCUT2D eigenvalue weighted by molar-refractivity contribution is 7.12. The van der Waals surface area contributed by atoms with Gasteiger partial charge in [0, 0.05) is 4.88 Å². The lowest BCUT2D eigenvalue weighted by molar-refractivity contribution is 0.0690. The first kappa shape index (κ1) is 8.75. The standard InChI is InChI=1S/C8H7NO2S/c1-3-5-7(8(10)11)9-6(4-2)12-5/h2H,3H2,1H3,(H,10,11). The fourth-order valence-corrected chi connectivity index (χ4v) is 1.62. The first-order chi connectivity index (χ1) is 5.69. The fraction of sp³-hybridized carbons (Fsp3) is 0.250. The van der Waals surface area contributed by atoms with Crippen LogP contribution in [-0.4, -0.2) is 16.1 Å². The predicted molar refractivity (Wildman–Crippen MR) is 46.4 cm³/mol. The van der Waals surface area contributed by atoms with Gasteiger partial charge in [-0.05, 0) is 12.3 Å². The average molecular weight is 181 g/mol. The van der Waals surface area contributed by atoms with Crippen LogP contribution in [0.15, 0.2) is 0 Å². The number of rotatable bonds is 2. The summed E-state index contributed by atoms with van der Waals surface area (Å²) in [5, 5.41) is 9.12. The molecule has 1 aromatic heterocycles. The Morgan fingerprint density at radius 1 is 1.83 bits per heavy atom. The second-order valence-electron chi connectivity index (χ2n) is 2.09. The Bertz CT molecular complexity index is 348. The van der Waals surface area contributed by atoms with Crippen LogP contribution in [0.2, 0.25) is 0 Å². The van der Waals surface area contributed by atoms with E-state index in [4.69, 9.17) is 11.5 Å². The van der Waals surface area contributed by atoms with E-state index in [1.165, 1.54) is 11.3 Å². The number of hydrogen-bond donors (Lipinski definition) is 1. The van der Waals surface area contributed by atoms with E-state index in [-0.39, 0.29) is 5.69 Å². The summed E-state index contributed by atoms with van der Waals surface area (Å²) < 4.78 is 0. The van der Waals surface area contributed by atoms with Gasteiger partial charge in [-0.15, -0.1) is 17.8 Å².